The van der Waals surface area contributed by atoms with Crippen LogP contribution in [-0.2, 0) is 0 Å². The van der Waals surface area contributed by atoms with Crippen molar-refractivity contribution in [2.24, 2.45) is 5.92 Å². The average Bonchev–Trinajstić information content (AvgIpc) is 2.35. The van der Waals surface area contributed by atoms with Crippen molar-refractivity contribution < 1.29 is 9.50 Å². The second kappa shape index (κ2) is 7.45. The quantitative estimate of drug-likeness (QED) is 0.580. The van der Waals surface area contributed by atoms with Crippen LogP contribution >= 0.6 is 11.8 Å². The molecular weight excluding hydrogens is 241 g/mol. The average molecular weight is 259 g/mol. The smallest absolute Gasteiger partial charge is 0.223 e. The van der Waals surface area contributed by atoms with Crippen LogP contribution < -0.4 is 5.32 Å². The van der Waals surface area contributed by atoms with E-state index in [0.29, 0.717) is 16.7 Å². The maximum absolute atomic E-state index is 13.4. The molecule has 4 nitrogen and oxygen atoms in total. The van der Waals surface area contributed by atoms with Crippen LogP contribution in [-0.4, -0.2) is 34.0 Å². The van der Waals surface area contributed by atoms with Gasteiger partial charge in [0, 0.05) is 18.9 Å². The van der Waals surface area contributed by atoms with Gasteiger partial charge in [-0.25, -0.2) is 14.4 Å². The van der Waals surface area contributed by atoms with Crippen LogP contribution in [0.5, 0.6) is 0 Å². The number of nitrogens with one attached hydrogen (secondary N) is 1. The van der Waals surface area contributed by atoms with Gasteiger partial charge in [0.2, 0.25) is 5.95 Å². The lowest BCUT2D eigenvalue weighted by Gasteiger charge is -2.08. The minimum absolute atomic E-state index is 0.0979. The number of hydrogen-bond acceptors (Lipinski definition) is 5. The van der Waals surface area contributed by atoms with Gasteiger partial charge in [0.05, 0.1) is 6.20 Å². The topological polar surface area (TPSA) is 58.0 Å². The summed E-state index contributed by atoms with van der Waals surface area (Å²) in [5, 5.41) is 12.2. The fraction of sp³-hybridized carbons (Fsp3) is 0.636. The van der Waals surface area contributed by atoms with Crippen molar-refractivity contribution in [2.45, 2.75) is 25.3 Å². The number of thioether (sulfide) groups is 1. The number of nitrogens with zero attached hydrogens (tertiary/aromatic N) is 2. The van der Waals surface area contributed by atoms with Crippen LogP contribution in [0.15, 0.2) is 11.2 Å². The highest BCUT2D eigenvalue weighted by molar-refractivity contribution is 7.99. The second-order valence-corrected chi connectivity index (χ2v) is 4.88. The van der Waals surface area contributed by atoms with Gasteiger partial charge in [-0.3, -0.25) is 0 Å². The number of aromatic nitrogens is 2. The van der Waals surface area contributed by atoms with Crippen molar-refractivity contribution in [2.75, 3.05) is 24.2 Å². The molecular formula is C11H18FN3OS. The molecule has 0 radical (unpaired) electrons. The van der Waals surface area contributed by atoms with Gasteiger partial charge in [0.1, 0.15) is 5.03 Å². The van der Waals surface area contributed by atoms with E-state index in [2.05, 4.69) is 15.3 Å². The SMILES string of the molecule is CCCNc1ncc(F)c(SCC(C)CO)n1. The lowest BCUT2D eigenvalue weighted by Crippen LogP contribution is -2.07. The molecule has 1 unspecified atom stereocenters. The minimum atomic E-state index is -0.415. The standard InChI is InChI=1S/C11H18FN3OS/c1-3-4-13-11-14-5-9(12)10(15-11)17-7-8(2)6-16/h5,8,16H,3-4,6-7H2,1-2H3,(H,13,14,15). The molecule has 0 aliphatic rings. The molecule has 1 heterocycles. The molecule has 0 amide bonds. The van der Waals surface area contributed by atoms with Gasteiger partial charge in [0.15, 0.2) is 5.82 Å². The molecule has 0 fully saturated rings. The molecule has 0 spiro atoms. The first kappa shape index (κ1) is 14.2. The molecule has 17 heavy (non-hydrogen) atoms. The summed E-state index contributed by atoms with van der Waals surface area (Å²) in [6.07, 6.45) is 2.14. The number of hydrogen-bond donors (Lipinski definition) is 2. The number of aliphatic hydroxyl groups is 1. The van der Waals surface area contributed by atoms with E-state index in [4.69, 9.17) is 5.11 Å². The number of anilines is 1. The summed E-state index contributed by atoms with van der Waals surface area (Å²) >= 11 is 1.30. The number of halogens is 1. The van der Waals surface area contributed by atoms with Gasteiger partial charge < -0.3 is 10.4 Å². The molecule has 1 atom stereocenters. The van der Waals surface area contributed by atoms with Crippen molar-refractivity contribution in [1.29, 1.82) is 0 Å². The Kier molecular flexibility index (Phi) is 6.21. The normalized spacial score (nSPS) is 12.5. The predicted molar refractivity (Wildman–Crippen MR) is 67.7 cm³/mol. The highest BCUT2D eigenvalue weighted by atomic mass is 32.2. The van der Waals surface area contributed by atoms with Gasteiger partial charge in [-0.1, -0.05) is 13.8 Å². The van der Waals surface area contributed by atoms with E-state index in [-0.39, 0.29) is 12.5 Å². The Labute approximate surface area is 105 Å². The molecule has 0 saturated carbocycles. The van der Waals surface area contributed by atoms with Crippen molar-refractivity contribution in [3.8, 4) is 0 Å². The zero-order valence-electron chi connectivity index (χ0n) is 10.1. The first-order valence-corrected chi connectivity index (χ1v) is 6.66. The summed E-state index contributed by atoms with van der Waals surface area (Å²) in [5.74, 6) is 0.800. The fourth-order valence-corrected chi connectivity index (χ4v) is 1.94. The third-order valence-electron chi connectivity index (χ3n) is 2.06. The van der Waals surface area contributed by atoms with E-state index >= 15 is 0 Å². The van der Waals surface area contributed by atoms with Crippen molar-refractivity contribution >= 4 is 17.7 Å². The number of rotatable bonds is 7. The summed E-state index contributed by atoms with van der Waals surface area (Å²) in [6, 6.07) is 0. The molecule has 0 bridgehead atoms. The summed E-state index contributed by atoms with van der Waals surface area (Å²) in [4.78, 5) is 7.96. The summed E-state index contributed by atoms with van der Waals surface area (Å²) in [7, 11) is 0. The lowest BCUT2D eigenvalue weighted by atomic mass is 10.2. The van der Waals surface area contributed by atoms with Crippen LogP contribution in [0, 0.1) is 11.7 Å². The van der Waals surface area contributed by atoms with Gasteiger partial charge in [-0.15, -0.1) is 11.8 Å². The minimum Gasteiger partial charge on any atom is -0.396 e. The van der Waals surface area contributed by atoms with Gasteiger partial charge in [0.25, 0.3) is 0 Å². The number of aliphatic hydroxyl groups excluding tert-OH is 1. The summed E-state index contributed by atoms with van der Waals surface area (Å²) in [6.45, 7) is 4.81. The first-order chi connectivity index (χ1) is 8.17. The fourth-order valence-electron chi connectivity index (χ4n) is 1.05. The van der Waals surface area contributed by atoms with E-state index in [1.807, 2.05) is 13.8 Å². The van der Waals surface area contributed by atoms with E-state index in [0.717, 1.165) is 13.0 Å². The zero-order chi connectivity index (χ0) is 12.7. The Bertz CT molecular complexity index is 351. The Morgan fingerprint density at radius 3 is 3.00 bits per heavy atom. The second-order valence-electron chi connectivity index (χ2n) is 3.87. The Morgan fingerprint density at radius 2 is 2.35 bits per heavy atom. The molecule has 1 aromatic rings. The molecule has 0 aliphatic heterocycles. The van der Waals surface area contributed by atoms with Crippen LogP contribution in [0.2, 0.25) is 0 Å². The molecule has 0 saturated heterocycles. The monoisotopic (exact) mass is 259 g/mol. The van der Waals surface area contributed by atoms with Gasteiger partial charge in [-0.2, -0.15) is 0 Å². The maximum atomic E-state index is 13.4. The summed E-state index contributed by atoms with van der Waals surface area (Å²) in [5.41, 5.74) is 0. The van der Waals surface area contributed by atoms with Crippen LogP contribution in [0.1, 0.15) is 20.3 Å². The van der Waals surface area contributed by atoms with Crippen LogP contribution in [0.25, 0.3) is 0 Å². The highest BCUT2D eigenvalue weighted by Gasteiger charge is 2.09. The Balaban J connectivity index is 2.62. The molecule has 2 N–H and O–H groups in total. The zero-order valence-corrected chi connectivity index (χ0v) is 10.9. The molecule has 0 aliphatic carbocycles. The molecule has 96 valence electrons. The molecule has 1 rings (SSSR count). The largest absolute Gasteiger partial charge is 0.396 e. The highest BCUT2D eigenvalue weighted by Crippen LogP contribution is 2.22. The van der Waals surface area contributed by atoms with Gasteiger partial charge >= 0.3 is 0 Å². The van der Waals surface area contributed by atoms with Crippen molar-refractivity contribution in [1.82, 2.24) is 9.97 Å². The van der Waals surface area contributed by atoms with E-state index in [1.54, 1.807) is 0 Å². The third kappa shape index (κ3) is 4.87. The molecule has 1 aromatic heterocycles. The van der Waals surface area contributed by atoms with E-state index < -0.39 is 5.82 Å². The lowest BCUT2D eigenvalue weighted by molar-refractivity contribution is 0.250. The van der Waals surface area contributed by atoms with Gasteiger partial charge in [-0.05, 0) is 12.3 Å². The molecule has 0 aromatic carbocycles. The molecule has 6 heteroatoms. The van der Waals surface area contributed by atoms with E-state index in [1.165, 1.54) is 18.0 Å². The van der Waals surface area contributed by atoms with Crippen molar-refractivity contribution in [3.63, 3.8) is 0 Å². The van der Waals surface area contributed by atoms with Crippen LogP contribution in [0.4, 0.5) is 10.3 Å². The van der Waals surface area contributed by atoms with E-state index in [9.17, 15) is 4.39 Å². The first-order valence-electron chi connectivity index (χ1n) is 5.67. The third-order valence-corrected chi connectivity index (χ3v) is 3.36. The summed E-state index contributed by atoms with van der Waals surface area (Å²) < 4.78 is 13.4. The Hall–Kier alpha value is -0.880. The van der Waals surface area contributed by atoms with Crippen molar-refractivity contribution in [3.05, 3.63) is 12.0 Å². The maximum Gasteiger partial charge on any atom is 0.223 e. The van der Waals surface area contributed by atoms with Crippen LogP contribution in [0.3, 0.4) is 0 Å². The predicted octanol–water partition coefficient (Wildman–Crippen LogP) is 2.16. The Morgan fingerprint density at radius 1 is 1.59 bits per heavy atom.